The van der Waals surface area contributed by atoms with Crippen LogP contribution in [0, 0.1) is 0 Å². The number of rotatable bonds is 8. The number of ether oxygens (including phenoxy) is 1. The molecule has 2 aromatic carbocycles. The molecule has 7 heteroatoms. The first-order valence-electron chi connectivity index (χ1n) is 10.1. The van der Waals surface area contributed by atoms with Gasteiger partial charge in [-0.15, -0.1) is 11.8 Å². The van der Waals surface area contributed by atoms with Gasteiger partial charge in [0.2, 0.25) is 5.91 Å². The van der Waals surface area contributed by atoms with Gasteiger partial charge >= 0.3 is 0 Å². The Hall–Kier alpha value is -3.32. The van der Waals surface area contributed by atoms with Crippen LogP contribution in [-0.2, 0) is 11.2 Å². The molecule has 0 saturated carbocycles. The van der Waals surface area contributed by atoms with Gasteiger partial charge in [-0.3, -0.25) is 14.8 Å². The number of nitrogens with zero attached hydrogens (tertiary/aromatic N) is 2. The van der Waals surface area contributed by atoms with Gasteiger partial charge in [-0.1, -0.05) is 18.2 Å². The lowest BCUT2D eigenvalue weighted by Gasteiger charge is -2.10. The predicted octanol–water partition coefficient (Wildman–Crippen LogP) is 4.52. The van der Waals surface area contributed by atoms with Crippen molar-refractivity contribution in [2.24, 2.45) is 4.99 Å². The molecule has 158 valence electrons. The molecule has 0 saturated heterocycles. The van der Waals surface area contributed by atoms with Gasteiger partial charge in [-0.05, 0) is 54.6 Å². The molecule has 31 heavy (non-hydrogen) atoms. The highest BCUT2D eigenvalue weighted by Crippen LogP contribution is 2.24. The van der Waals surface area contributed by atoms with Gasteiger partial charge in [0.1, 0.15) is 23.0 Å². The number of hydrogen-bond donors (Lipinski definition) is 2. The van der Waals surface area contributed by atoms with Crippen LogP contribution >= 0.6 is 11.8 Å². The molecule has 1 aliphatic rings. The summed E-state index contributed by atoms with van der Waals surface area (Å²) in [5, 5.41) is 6.18. The van der Waals surface area contributed by atoms with E-state index >= 15 is 0 Å². The van der Waals surface area contributed by atoms with E-state index in [9.17, 15) is 4.79 Å². The second-order valence-corrected chi connectivity index (χ2v) is 7.94. The highest BCUT2D eigenvalue weighted by Gasteiger charge is 2.11. The van der Waals surface area contributed by atoms with Crippen LogP contribution in [-0.4, -0.2) is 36.1 Å². The van der Waals surface area contributed by atoms with Crippen molar-refractivity contribution in [3.63, 3.8) is 0 Å². The summed E-state index contributed by atoms with van der Waals surface area (Å²) in [5.74, 6) is 2.22. The zero-order valence-corrected chi connectivity index (χ0v) is 18.1. The molecule has 2 heterocycles. The third-order valence-electron chi connectivity index (χ3n) is 4.78. The molecule has 0 radical (unpaired) electrons. The number of aromatic nitrogens is 1. The predicted molar refractivity (Wildman–Crippen MR) is 125 cm³/mol. The zero-order valence-electron chi connectivity index (χ0n) is 17.3. The second-order valence-electron chi connectivity index (χ2n) is 7.06. The maximum atomic E-state index is 12.4. The molecule has 0 fully saturated rings. The van der Waals surface area contributed by atoms with Crippen molar-refractivity contribution in [1.29, 1.82) is 0 Å². The number of amidine groups is 1. The summed E-state index contributed by atoms with van der Waals surface area (Å²) < 4.78 is 6.02. The van der Waals surface area contributed by atoms with Gasteiger partial charge < -0.3 is 15.4 Å². The topological polar surface area (TPSA) is 75.6 Å². The Labute approximate surface area is 186 Å². The van der Waals surface area contributed by atoms with E-state index in [0.29, 0.717) is 18.6 Å². The number of carbonyl (C=O) groups is 1. The minimum Gasteiger partial charge on any atom is -0.457 e. The molecule has 0 bridgehead atoms. The summed E-state index contributed by atoms with van der Waals surface area (Å²) in [6.45, 7) is 1.60. The monoisotopic (exact) mass is 432 g/mol. The van der Waals surface area contributed by atoms with E-state index in [1.165, 1.54) is 0 Å². The van der Waals surface area contributed by atoms with Crippen LogP contribution in [0.4, 0.5) is 5.69 Å². The standard InChI is InChI=1S/C24H24N4O2S/c1-31-21-7-3-5-18(15-21)28-23(29)9-8-17-4-2-6-19(14-17)30-20-10-11-25-22(16-20)24-26-12-13-27-24/h2-7,10-11,14-16H,8-9,12-13H2,1H3,(H,26,27)(H,28,29). The summed E-state index contributed by atoms with van der Waals surface area (Å²) in [7, 11) is 0. The molecule has 1 aromatic heterocycles. The largest absolute Gasteiger partial charge is 0.457 e. The molecular weight excluding hydrogens is 408 g/mol. The van der Waals surface area contributed by atoms with Gasteiger partial charge in [0, 0.05) is 35.8 Å². The number of benzene rings is 2. The van der Waals surface area contributed by atoms with Crippen LogP contribution in [0.1, 0.15) is 17.7 Å². The molecule has 6 nitrogen and oxygen atoms in total. The van der Waals surface area contributed by atoms with E-state index in [-0.39, 0.29) is 5.91 Å². The average molecular weight is 433 g/mol. The van der Waals surface area contributed by atoms with Crippen LogP contribution in [0.2, 0.25) is 0 Å². The minimum atomic E-state index is -0.00631. The van der Waals surface area contributed by atoms with E-state index in [1.54, 1.807) is 18.0 Å². The summed E-state index contributed by atoms with van der Waals surface area (Å²) in [6, 6.07) is 19.4. The first-order chi connectivity index (χ1) is 15.2. The fourth-order valence-electron chi connectivity index (χ4n) is 3.26. The number of aryl methyl sites for hydroxylation is 1. The fraction of sp³-hybridized carbons (Fsp3) is 0.208. The molecule has 0 spiro atoms. The highest BCUT2D eigenvalue weighted by molar-refractivity contribution is 7.98. The smallest absolute Gasteiger partial charge is 0.224 e. The number of anilines is 1. The molecule has 4 rings (SSSR count). The molecule has 1 aliphatic heterocycles. The third kappa shape index (κ3) is 5.86. The molecular formula is C24H24N4O2S. The van der Waals surface area contributed by atoms with Crippen LogP contribution in [0.25, 0.3) is 0 Å². The maximum Gasteiger partial charge on any atom is 0.224 e. The minimum absolute atomic E-state index is 0.00631. The Morgan fingerprint density at radius 1 is 1.13 bits per heavy atom. The Morgan fingerprint density at radius 3 is 2.84 bits per heavy atom. The first-order valence-corrected chi connectivity index (χ1v) is 11.4. The molecule has 0 aliphatic carbocycles. The van der Waals surface area contributed by atoms with Gasteiger partial charge in [0.25, 0.3) is 0 Å². The van der Waals surface area contributed by atoms with Crippen LogP contribution < -0.4 is 15.4 Å². The normalized spacial score (nSPS) is 12.7. The number of aliphatic imine (C=N–C) groups is 1. The van der Waals surface area contributed by atoms with Gasteiger partial charge in [0.05, 0.1) is 6.54 Å². The Balaban J connectivity index is 1.35. The Kier molecular flexibility index (Phi) is 6.84. The van der Waals surface area contributed by atoms with Crippen molar-refractivity contribution in [3.05, 3.63) is 78.1 Å². The van der Waals surface area contributed by atoms with Gasteiger partial charge in [-0.2, -0.15) is 0 Å². The average Bonchev–Trinajstić information content (AvgIpc) is 3.33. The van der Waals surface area contributed by atoms with Crippen LogP contribution in [0.5, 0.6) is 11.5 Å². The Bertz CT molecular complexity index is 1100. The highest BCUT2D eigenvalue weighted by atomic mass is 32.2. The number of pyridine rings is 1. The molecule has 2 N–H and O–H groups in total. The van der Waals surface area contributed by atoms with Gasteiger partial charge in [-0.25, -0.2) is 0 Å². The van der Waals surface area contributed by atoms with E-state index < -0.39 is 0 Å². The summed E-state index contributed by atoms with van der Waals surface area (Å²) in [6.07, 6.45) is 4.77. The molecule has 1 amide bonds. The zero-order chi connectivity index (χ0) is 21.5. The number of thioether (sulfide) groups is 1. The second kappa shape index (κ2) is 10.1. The fourth-order valence-corrected chi connectivity index (χ4v) is 3.72. The summed E-state index contributed by atoms with van der Waals surface area (Å²) in [4.78, 5) is 22.2. The van der Waals surface area contributed by atoms with Crippen molar-refractivity contribution in [2.45, 2.75) is 17.7 Å². The number of amides is 1. The van der Waals surface area contributed by atoms with Crippen LogP contribution in [0.3, 0.4) is 0 Å². The van der Waals surface area contributed by atoms with Crippen LogP contribution in [0.15, 0.2) is 76.7 Å². The lowest BCUT2D eigenvalue weighted by Crippen LogP contribution is -2.20. The van der Waals surface area contributed by atoms with Gasteiger partial charge in [0.15, 0.2) is 0 Å². The first kappa shape index (κ1) is 20.9. The maximum absolute atomic E-state index is 12.4. The lowest BCUT2D eigenvalue weighted by atomic mass is 10.1. The van der Waals surface area contributed by atoms with E-state index in [0.717, 1.165) is 46.5 Å². The van der Waals surface area contributed by atoms with Crippen molar-refractivity contribution in [3.8, 4) is 11.5 Å². The third-order valence-corrected chi connectivity index (χ3v) is 5.50. The van der Waals surface area contributed by atoms with E-state index in [1.807, 2.05) is 66.9 Å². The van der Waals surface area contributed by atoms with E-state index in [2.05, 4.69) is 20.6 Å². The summed E-state index contributed by atoms with van der Waals surface area (Å²) in [5.41, 5.74) is 2.64. The summed E-state index contributed by atoms with van der Waals surface area (Å²) >= 11 is 1.65. The lowest BCUT2D eigenvalue weighted by molar-refractivity contribution is -0.116. The SMILES string of the molecule is CSc1cccc(NC(=O)CCc2cccc(Oc3ccnc(C4=NCCN4)c3)c2)c1. The molecule has 0 unspecified atom stereocenters. The quantitative estimate of drug-likeness (QED) is 0.512. The number of nitrogens with one attached hydrogen (secondary N) is 2. The molecule has 0 atom stereocenters. The van der Waals surface area contributed by atoms with Crippen molar-refractivity contribution < 1.29 is 9.53 Å². The Morgan fingerprint density at radius 2 is 2.00 bits per heavy atom. The van der Waals surface area contributed by atoms with Crippen molar-refractivity contribution >= 4 is 29.2 Å². The molecule has 3 aromatic rings. The number of hydrogen-bond acceptors (Lipinski definition) is 6. The van der Waals surface area contributed by atoms with Crippen molar-refractivity contribution in [1.82, 2.24) is 10.3 Å². The van der Waals surface area contributed by atoms with Crippen molar-refractivity contribution in [2.75, 3.05) is 24.7 Å². The number of carbonyl (C=O) groups excluding carboxylic acids is 1. The van der Waals surface area contributed by atoms with E-state index in [4.69, 9.17) is 4.74 Å².